The molecule has 0 bridgehead atoms. The fourth-order valence-corrected chi connectivity index (χ4v) is 2.72. The summed E-state index contributed by atoms with van der Waals surface area (Å²) in [7, 11) is 0. The van der Waals surface area contributed by atoms with Crippen molar-refractivity contribution in [3.8, 4) is 0 Å². The Hall–Kier alpha value is -0.420. The predicted molar refractivity (Wildman–Crippen MR) is 66.8 cm³/mol. The minimum absolute atomic E-state index is 0.248. The molecule has 15 heavy (non-hydrogen) atoms. The summed E-state index contributed by atoms with van der Waals surface area (Å²) in [6, 6.07) is 1.89. The van der Waals surface area contributed by atoms with Crippen LogP contribution < -0.4 is 0 Å². The summed E-state index contributed by atoms with van der Waals surface area (Å²) in [5.41, 5.74) is 0.350. The highest BCUT2D eigenvalue weighted by Gasteiger charge is 2.17. The molecule has 0 fully saturated rings. The van der Waals surface area contributed by atoms with Crippen LogP contribution in [0.25, 0.3) is 0 Å². The molecule has 1 unspecified atom stereocenters. The average Bonchev–Trinajstić information content (AvgIpc) is 2.56. The first-order chi connectivity index (χ1) is 7.10. The van der Waals surface area contributed by atoms with Crippen molar-refractivity contribution >= 4 is 33.7 Å². The van der Waals surface area contributed by atoms with Gasteiger partial charge in [-0.05, 0) is 34.7 Å². The van der Waals surface area contributed by atoms with E-state index in [1.807, 2.05) is 17.0 Å². The maximum absolute atomic E-state index is 11.0. The van der Waals surface area contributed by atoms with Gasteiger partial charge in [0.25, 0.3) is 0 Å². The third-order valence-corrected chi connectivity index (χ3v) is 3.41. The fraction of sp³-hybridized carbons (Fsp3) is 0.500. The summed E-state index contributed by atoms with van der Waals surface area (Å²) >= 11 is 5.04. The van der Waals surface area contributed by atoms with Gasteiger partial charge in [-0.2, -0.15) is 11.8 Å². The van der Waals surface area contributed by atoms with Crippen LogP contribution in [-0.4, -0.2) is 27.7 Å². The summed E-state index contributed by atoms with van der Waals surface area (Å²) in [5.74, 6) is 0.0537. The topological polar surface area (TPSA) is 42.2 Å². The van der Waals surface area contributed by atoms with Crippen molar-refractivity contribution < 1.29 is 9.90 Å². The molecule has 0 spiro atoms. The third-order valence-electron chi connectivity index (χ3n) is 2.26. The summed E-state index contributed by atoms with van der Waals surface area (Å²) in [6.45, 7) is 2.07. The van der Waals surface area contributed by atoms with E-state index in [0.29, 0.717) is 5.69 Å². The number of carbonyl (C=O) groups is 1. The maximum Gasteiger partial charge on any atom is 0.352 e. The van der Waals surface area contributed by atoms with Crippen molar-refractivity contribution in [3.05, 3.63) is 22.4 Å². The first-order valence-electron chi connectivity index (χ1n) is 4.69. The lowest BCUT2D eigenvalue weighted by Crippen LogP contribution is -2.15. The molecule has 1 N–H and O–H groups in total. The Bertz CT molecular complexity index is 351. The van der Waals surface area contributed by atoms with Crippen LogP contribution in [0.15, 0.2) is 16.7 Å². The molecule has 1 aromatic heterocycles. The van der Waals surface area contributed by atoms with Crippen molar-refractivity contribution in [3.63, 3.8) is 0 Å². The molecule has 1 heterocycles. The molecule has 0 radical (unpaired) electrons. The second kappa shape index (κ2) is 5.61. The van der Waals surface area contributed by atoms with Gasteiger partial charge in [-0.1, -0.05) is 6.92 Å². The molecule has 0 aliphatic heterocycles. The number of carboxylic acid groups (broad SMARTS) is 1. The monoisotopic (exact) mass is 291 g/mol. The molecule has 84 valence electrons. The third kappa shape index (κ3) is 3.01. The summed E-state index contributed by atoms with van der Waals surface area (Å²) in [6.07, 6.45) is 4.80. The van der Waals surface area contributed by atoms with Crippen molar-refractivity contribution in [1.29, 1.82) is 0 Å². The van der Waals surface area contributed by atoms with E-state index in [2.05, 4.69) is 22.9 Å². The Kier molecular flexibility index (Phi) is 4.73. The quantitative estimate of drug-likeness (QED) is 0.905. The standard InChI is InChI=1S/C10H14BrNO2S/c1-3-8(6-15-2)12-5-7(11)4-9(12)10(13)14/h4-5,8H,3,6H2,1-2H3,(H,13,14). The van der Waals surface area contributed by atoms with Crippen LogP contribution in [-0.2, 0) is 0 Å². The summed E-state index contributed by atoms with van der Waals surface area (Å²) in [5, 5.41) is 9.04. The maximum atomic E-state index is 11.0. The van der Waals surface area contributed by atoms with E-state index in [-0.39, 0.29) is 6.04 Å². The van der Waals surface area contributed by atoms with Gasteiger partial charge in [-0.25, -0.2) is 4.79 Å². The highest BCUT2D eigenvalue weighted by Crippen LogP contribution is 2.23. The zero-order valence-electron chi connectivity index (χ0n) is 8.74. The van der Waals surface area contributed by atoms with Gasteiger partial charge in [-0.15, -0.1) is 0 Å². The molecule has 0 saturated carbocycles. The van der Waals surface area contributed by atoms with Gasteiger partial charge in [-0.3, -0.25) is 0 Å². The molecule has 5 heteroatoms. The van der Waals surface area contributed by atoms with Gasteiger partial charge in [0.15, 0.2) is 0 Å². The van der Waals surface area contributed by atoms with Crippen LogP contribution in [0.3, 0.4) is 0 Å². The van der Waals surface area contributed by atoms with Crippen molar-refractivity contribution in [2.75, 3.05) is 12.0 Å². The lowest BCUT2D eigenvalue weighted by Gasteiger charge is -2.17. The van der Waals surface area contributed by atoms with Crippen LogP contribution in [0.4, 0.5) is 0 Å². The first kappa shape index (κ1) is 12.6. The Morgan fingerprint density at radius 3 is 2.87 bits per heavy atom. The first-order valence-corrected chi connectivity index (χ1v) is 6.88. The number of aromatic nitrogens is 1. The normalized spacial score (nSPS) is 12.7. The largest absolute Gasteiger partial charge is 0.477 e. The second-order valence-corrected chi connectivity index (χ2v) is 5.10. The molecule has 1 rings (SSSR count). The van der Waals surface area contributed by atoms with Crippen LogP contribution in [0.2, 0.25) is 0 Å². The minimum Gasteiger partial charge on any atom is -0.477 e. The molecular formula is C10H14BrNO2S. The van der Waals surface area contributed by atoms with Crippen LogP contribution in [0.1, 0.15) is 29.9 Å². The molecular weight excluding hydrogens is 278 g/mol. The van der Waals surface area contributed by atoms with E-state index in [9.17, 15) is 4.79 Å². The Balaban J connectivity index is 3.04. The van der Waals surface area contributed by atoms with Gasteiger partial charge in [0.05, 0.1) is 0 Å². The Labute approximate surface area is 102 Å². The van der Waals surface area contributed by atoms with Gasteiger partial charge >= 0.3 is 5.97 Å². The summed E-state index contributed by atoms with van der Waals surface area (Å²) in [4.78, 5) is 11.0. The number of hydrogen-bond donors (Lipinski definition) is 1. The van der Waals surface area contributed by atoms with Crippen molar-refractivity contribution in [2.24, 2.45) is 0 Å². The lowest BCUT2D eigenvalue weighted by molar-refractivity contribution is 0.0683. The molecule has 0 aromatic carbocycles. The number of nitrogens with zero attached hydrogens (tertiary/aromatic N) is 1. The van der Waals surface area contributed by atoms with Crippen molar-refractivity contribution in [1.82, 2.24) is 4.57 Å². The van der Waals surface area contributed by atoms with Gasteiger partial charge < -0.3 is 9.67 Å². The predicted octanol–water partition coefficient (Wildman–Crippen LogP) is 3.26. The van der Waals surface area contributed by atoms with Gasteiger partial charge in [0.1, 0.15) is 5.69 Å². The van der Waals surface area contributed by atoms with E-state index in [4.69, 9.17) is 5.11 Å². The zero-order chi connectivity index (χ0) is 11.4. The summed E-state index contributed by atoms with van der Waals surface area (Å²) < 4.78 is 2.66. The molecule has 0 aliphatic rings. The Morgan fingerprint density at radius 2 is 2.40 bits per heavy atom. The number of aromatic carboxylic acids is 1. The van der Waals surface area contributed by atoms with Crippen LogP contribution in [0.5, 0.6) is 0 Å². The second-order valence-electron chi connectivity index (χ2n) is 3.27. The van der Waals surface area contributed by atoms with Crippen LogP contribution >= 0.6 is 27.7 Å². The van der Waals surface area contributed by atoms with Crippen LogP contribution in [0, 0.1) is 0 Å². The number of hydrogen-bond acceptors (Lipinski definition) is 2. The number of thioether (sulfide) groups is 1. The number of carboxylic acids is 1. The fourth-order valence-electron chi connectivity index (χ4n) is 1.51. The van der Waals surface area contributed by atoms with Crippen molar-refractivity contribution in [2.45, 2.75) is 19.4 Å². The van der Waals surface area contributed by atoms with Gasteiger partial charge in [0.2, 0.25) is 0 Å². The lowest BCUT2D eigenvalue weighted by atomic mass is 10.2. The Morgan fingerprint density at radius 1 is 1.73 bits per heavy atom. The minimum atomic E-state index is -0.875. The molecule has 0 saturated heterocycles. The average molecular weight is 292 g/mol. The van der Waals surface area contributed by atoms with E-state index in [1.54, 1.807) is 17.8 Å². The molecule has 1 atom stereocenters. The van der Waals surface area contributed by atoms with E-state index < -0.39 is 5.97 Å². The smallest absolute Gasteiger partial charge is 0.352 e. The molecule has 3 nitrogen and oxygen atoms in total. The molecule has 0 aliphatic carbocycles. The van der Waals surface area contributed by atoms with E-state index >= 15 is 0 Å². The van der Waals surface area contributed by atoms with E-state index in [1.165, 1.54) is 0 Å². The highest BCUT2D eigenvalue weighted by atomic mass is 79.9. The van der Waals surface area contributed by atoms with Gasteiger partial charge in [0, 0.05) is 22.5 Å². The SMILES string of the molecule is CCC(CSC)n1cc(Br)cc1C(=O)O. The molecule has 1 aromatic rings. The molecule has 0 amide bonds. The number of rotatable bonds is 5. The highest BCUT2D eigenvalue weighted by molar-refractivity contribution is 9.10. The number of halogens is 1. The van der Waals surface area contributed by atoms with E-state index in [0.717, 1.165) is 16.6 Å². The zero-order valence-corrected chi connectivity index (χ0v) is 11.1.